The van der Waals surface area contributed by atoms with Crippen molar-refractivity contribution in [2.75, 3.05) is 13.6 Å². The van der Waals surface area contributed by atoms with Crippen LogP contribution in [0.15, 0.2) is 11.8 Å². The van der Waals surface area contributed by atoms with Gasteiger partial charge in [-0.3, -0.25) is 0 Å². The second kappa shape index (κ2) is 3.85. The predicted octanol–water partition coefficient (Wildman–Crippen LogP) is 1.64. The van der Waals surface area contributed by atoms with Crippen molar-refractivity contribution in [2.24, 2.45) is 0 Å². The lowest BCUT2D eigenvalue weighted by molar-refractivity contribution is 0.920. The maximum Gasteiger partial charge on any atom is 0.0683 e. The Kier molecular flexibility index (Phi) is 3.82. The third-order valence-electron chi connectivity index (χ3n) is 0.940. The van der Waals surface area contributed by atoms with E-state index in [1.807, 2.05) is 7.05 Å². The van der Waals surface area contributed by atoms with Gasteiger partial charge >= 0.3 is 0 Å². The van der Waals surface area contributed by atoms with E-state index in [9.17, 15) is 0 Å². The number of rotatable bonds is 3. The van der Waals surface area contributed by atoms with E-state index in [4.69, 9.17) is 0 Å². The topological polar surface area (TPSA) is 12.0 Å². The van der Waals surface area contributed by atoms with Gasteiger partial charge in [0.15, 0.2) is 0 Å². The molecule has 2 heteroatoms. The summed E-state index contributed by atoms with van der Waals surface area (Å²) in [5.74, 6) is 0. The van der Waals surface area contributed by atoms with Crippen molar-refractivity contribution in [1.29, 1.82) is 0 Å². The zero-order chi connectivity index (χ0) is 7.33. The first kappa shape index (κ1) is 8.92. The molecular weight excluding hydrogens is 126 g/mol. The molecule has 0 aromatic rings. The standard InChI is InChI=1S/C7H17NSi/c1-8-6-5-7-9(2,3)4/h5,7-8H,6H2,1-4H3. The van der Waals surface area contributed by atoms with E-state index in [-0.39, 0.29) is 0 Å². The van der Waals surface area contributed by atoms with Gasteiger partial charge in [0.2, 0.25) is 0 Å². The Bertz CT molecular complexity index is 91.6. The fourth-order valence-electron chi connectivity index (χ4n) is 0.530. The summed E-state index contributed by atoms with van der Waals surface area (Å²) < 4.78 is 0. The minimum atomic E-state index is -0.915. The fourth-order valence-corrected chi connectivity index (χ4v) is 1.36. The molecule has 0 fully saturated rings. The van der Waals surface area contributed by atoms with Crippen LogP contribution >= 0.6 is 0 Å². The Morgan fingerprint density at radius 3 is 2.22 bits per heavy atom. The van der Waals surface area contributed by atoms with Gasteiger partial charge < -0.3 is 5.32 Å². The average Bonchev–Trinajstić information content (AvgIpc) is 1.63. The first-order valence-corrected chi connectivity index (χ1v) is 6.96. The molecule has 0 aromatic heterocycles. The molecule has 0 saturated heterocycles. The monoisotopic (exact) mass is 143 g/mol. The molecule has 1 N–H and O–H groups in total. The van der Waals surface area contributed by atoms with E-state index < -0.39 is 8.07 Å². The first-order chi connectivity index (χ1) is 4.06. The van der Waals surface area contributed by atoms with Crippen LogP contribution in [0.3, 0.4) is 0 Å². The van der Waals surface area contributed by atoms with Crippen LogP contribution in [0.2, 0.25) is 19.6 Å². The number of nitrogens with one attached hydrogen (secondary N) is 1. The third-order valence-corrected chi connectivity index (χ3v) is 2.18. The highest BCUT2D eigenvalue weighted by molar-refractivity contribution is 6.80. The first-order valence-electron chi connectivity index (χ1n) is 3.38. The highest BCUT2D eigenvalue weighted by Gasteiger charge is 2.05. The van der Waals surface area contributed by atoms with Crippen molar-refractivity contribution in [3.05, 3.63) is 11.8 Å². The molecule has 0 unspecified atom stereocenters. The summed E-state index contributed by atoms with van der Waals surface area (Å²) in [5, 5.41) is 3.08. The van der Waals surface area contributed by atoms with Crippen LogP contribution in [0.25, 0.3) is 0 Å². The van der Waals surface area contributed by atoms with E-state index in [1.54, 1.807) is 0 Å². The Balaban J connectivity index is 3.45. The Labute approximate surface area is 59.2 Å². The molecule has 0 radical (unpaired) electrons. The zero-order valence-corrected chi connectivity index (χ0v) is 7.86. The number of hydrogen-bond acceptors (Lipinski definition) is 1. The minimum absolute atomic E-state index is 0.915. The van der Waals surface area contributed by atoms with Crippen molar-refractivity contribution in [3.8, 4) is 0 Å². The largest absolute Gasteiger partial charge is 0.316 e. The quantitative estimate of drug-likeness (QED) is 0.592. The van der Waals surface area contributed by atoms with Crippen molar-refractivity contribution < 1.29 is 0 Å². The van der Waals surface area contributed by atoms with Crippen LogP contribution in [0, 0.1) is 0 Å². The van der Waals surface area contributed by atoms with Gasteiger partial charge in [-0.25, -0.2) is 0 Å². The molecule has 0 amide bonds. The molecule has 9 heavy (non-hydrogen) atoms. The summed E-state index contributed by atoms with van der Waals surface area (Å²) in [4.78, 5) is 0. The van der Waals surface area contributed by atoms with Gasteiger partial charge in [-0.15, -0.1) is 0 Å². The zero-order valence-electron chi connectivity index (χ0n) is 6.86. The Morgan fingerprint density at radius 2 is 1.89 bits per heavy atom. The molecule has 0 aliphatic carbocycles. The van der Waals surface area contributed by atoms with Gasteiger partial charge in [0.25, 0.3) is 0 Å². The van der Waals surface area contributed by atoms with Gasteiger partial charge in [0, 0.05) is 6.54 Å². The smallest absolute Gasteiger partial charge is 0.0683 e. The number of hydrogen-bond donors (Lipinski definition) is 1. The van der Waals surface area contributed by atoms with Gasteiger partial charge in [-0.2, -0.15) is 0 Å². The van der Waals surface area contributed by atoms with E-state index in [0.29, 0.717) is 0 Å². The molecule has 1 nitrogen and oxygen atoms in total. The lowest BCUT2D eigenvalue weighted by Crippen LogP contribution is -2.16. The Hall–Kier alpha value is -0.0831. The lowest BCUT2D eigenvalue weighted by Gasteiger charge is -2.07. The van der Waals surface area contributed by atoms with Crippen molar-refractivity contribution >= 4 is 8.07 Å². The fraction of sp³-hybridized carbons (Fsp3) is 0.714. The van der Waals surface area contributed by atoms with Crippen LogP contribution in [-0.4, -0.2) is 21.7 Å². The molecule has 0 spiro atoms. The molecule has 0 aliphatic rings. The predicted molar refractivity (Wildman–Crippen MR) is 46.4 cm³/mol. The summed E-state index contributed by atoms with van der Waals surface area (Å²) in [6, 6.07) is 0. The minimum Gasteiger partial charge on any atom is -0.316 e. The molecule has 0 saturated carbocycles. The van der Waals surface area contributed by atoms with E-state index in [2.05, 4.69) is 36.7 Å². The molecular formula is C7H17NSi. The maximum atomic E-state index is 3.08. The van der Waals surface area contributed by atoms with Gasteiger partial charge in [-0.1, -0.05) is 31.4 Å². The van der Waals surface area contributed by atoms with E-state index >= 15 is 0 Å². The highest BCUT2D eigenvalue weighted by atomic mass is 28.3. The van der Waals surface area contributed by atoms with Crippen molar-refractivity contribution in [1.82, 2.24) is 5.32 Å². The lowest BCUT2D eigenvalue weighted by atomic mass is 10.6. The Morgan fingerprint density at radius 1 is 1.33 bits per heavy atom. The van der Waals surface area contributed by atoms with Crippen molar-refractivity contribution in [2.45, 2.75) is 19.6 Å². The normalized spacial score (nSPS) is 12.9. The van der Waals surface area contributed by atoms with Crippen LogP contribution in [-0.2, 0) is 0 Å². The van der Waals surface area contributed by atoms with Gasteiger partial charge in [0.1, 0.15) is 0 Å². The molecule has 0 bridgehead atoms. The van der Waals surface area contributed by atoms with Crippen LogP contribution in [0.4, 0.5) is 0 Å². The summed E-state index contributed by atoms with van der Waals surface area (Å²) in [6.07, 6.45) is 2.21. The maximum absolute atomic E-state index is 3.08. The van der Waals surface area contributed by atoms with E-state index in [0.717, 1.165) is 6.54 Å². The molecule has 54 valence electrons. The van der Waals surface area contributed by atoms with Crippen LogP contribution < -0.4 is 5.32 Å². The SMILES string of the molecule is CNCC=C[Si](C)(C)C. The number of likely N-dealkylation sites (N-methyl/N-ethyl adjacent to an activating group) is 1. The van der Waals surface area contributed by atoms with Gasteiger partial charge in [0.05, 0.1) is 8.07 Å². The summed E-state index contributed by atoms with van der Waals surface area (Å²) in [6.45, 7) is 8.00. The summed E-state index contributed by atoms with van der Waals surface area (Å²) in [7, 11) is 1.05. The average molecular weight is 143 g/mol. The van der Waals surface area contributed by atoms with Gasteiger partial charge in [-0.05, 0) is 7.05 Å². The second-order valence-corrected chi connectivity index (χ2v) is 8.39. The molecule has 0 atom stereocenters. The molecule has 0 rings (SSSR count). The molecule has 0 aromatic carbocycles. The second-order valence-electron chi connectivity index (χ2n) is 3.33. The van der Waals surface area contributed by atoms with Crippen LogP contribution in [0.5, 0.6) is 0 Å². The van der Waals surface area contributed by atoms with Crippen LogP contribution in [0.1, 0.15) is 0 Å². The van der Waals surface area contributed by atoms with E-state index in [1.165, 1.54) is 0 Å². The molecule has 0 heterocycles. The highest BCUT2D eigenvalue weighted by Crippen LogP contribution is 2.00. The summed E-state index contributed by atoms with van der Waals surface area (Å²) >= 11 is 0. The molecule has 0 aliphatic heterocycles. The van der Waals surface area contributed by atoms with Crippen molar-refractivity contribution in [3.63, 3.8) is 0 Å². The third kappa shape index (κ3) is 7.92. The summed E-state index contributed by atoms with van der Waals surface area (Å²) in [5.41, 5.74) is 2.35.